The van der Waals surface area contributed by atoms with Gasteiger partial charge < -0.3 is 25.4 Å². The lowest BCUT2D eigenvalue weighted by molar-refractivity contribution is -0.143. The summed E-state index contributed by atoms with van der Waals surface area (Å²) in [6.07, 6.45) is 0.239. The van der Waals surface area contributed by atoms with Crippen LogP contribution in [0, 0.1) is 0 Å². The van der Waals surface area contributed by atoms with E-state index in [9.17, 15) is 9.59 Å². The maximum Gasteiger partial charge on any atom is 0.247 e. The van der Waals surface area contributed by atoms with E-state index in [2.05, 4.69) is 24.1 Å². The van der Waals surface area contributed by atoms with Crippen LogP contribution in [0.1, 0.15) is 61.6 Å². The summed E-state index contributed by atoms with van der Waals surface area (Å²) in [5, 5.41) is 3.09. The van der Waals surface area contributed by atoms with Crippen molar-refractivity contribution in [3.63, 3.8) is 0 Å². The summed E-state index contributed by atoms with van der Waals surface area (Å²) in [5.74, 6) is 0.411. The number of hydrogen-bond donors (Lipinski definition) is 2. The first kappa shape index (κ1) is 31.2. The lowest BCUT2D eigenvalue weighted by Gasteiger charge is -2.37. The summed E-state index contributed by atoms with van der Waals surface area (Å²) in [6, 6.07) is 25.0. The van der Waals surface area contributed by atoms with E-state index in [1.807, 2.05) is 85.8 Å². The highest BCUT2D eigenvalue weighted by Gasteiger charge is 2.37. The number of hydrogen-bond acceptors (Lipinski definition) is 6. The molecule has 8 heteroatoms. The van der Waals surface area contributed by atoms with Crippen LogP contribution in [0.3, 0.4) is 0 Å². The van der Waals surface area contributed by atoms with Crippen LogP contribution in [0.25, 0.3) is 0 Å². The molecular weight excluding hydrogens is 528 g/mol. The second kappa shape index (κ2) is 15.0. The van der Waals surface area contributed by atoms with Crippen molar-refractivity contribution < 1.29 is 19.1 Å². The summed E-state index contributed by atoms with van der Waals surface area (Å²) in [7, 11) is 1.61. The topological polar surface area (TPSA) is 97.1 Å². The molecule has 1 aliphatic heterocycles. The van der Waals surface area contributed by atoms with Crippen LogP contribution in [0.5, 0.6) is 5.75 Å². The molecule has 3 unspecified atom stereocenters. The van der Waals surface area contributed by atoms with Gasteiger partial charge in [-0.15, -0.1) is 0 Å². The predicted molar refractivity (Wildman–Crippen MR) is 165 cm³/mol. The highest BCUT2D eigenvalue weighted by atomic mass is 16.5. The molecule has 2 amide bonds. The normalized spacial score (nSPS) is 16.2. The van der Waals surface area contributed by atoms with Crippen molar-refractivity contribution in [2.45, 2.75) is 64.6 Å². The zero-order valence-corrected chi connectivity index (χ0v) is 25.2. The Morgan fingerprint density at radius 3 is 2.36 bits per heavy atom. The van der Waals surface area contributed by atoms with E-state index in [1.165, 1.54) is 0 Å². The van der Waals surface area contributed by atoms with Gasteiger partial charge >= 0.3 is 0 Å². The number of nitrogens with one attached hydrogen (secondary N) is 1. The Hall–Kier alpha value is -3.72. The number of fused-ring (bicyclic) bond motifs is 1. The first-order chi connectivity index (χ1) is 20.3. The molecule has 42 heavy (non-hydrogen) atoms. The molecule has 1 aliphatic rings. The number of ether oxygens (including phenoxy) is 2. The fourth-order valence-corrected chi connectivity index (χ4v) is 5.60. The molecule has 0 spiro atoms. The van der Waals surface area contributed by atoms with Gasteiger partial charge in [0.2, 0.25) is 11.8 Å². The van der Waals surface area contributed by atoms with E-state index in [-0.39, 0.29) is 30.4 Å². The van der Waals surface area contributed by atoms with Gasteiger partial charge in [-0.05, 0) is 61.6 Å². The van der Waals surface area contributed by atoms with Crippen LogP contribution in [0.4, 0.5) is 0 Å². The maximum absolute atomic E-state index is 13.8. The smallest absolute Gasteiger partial charge is 0.247 e. The van der Waals surface area contributed by atoms with E-state index in [0.717, 1.165) is 28.0 Å². The van der Waals surface area contributed by atoms with E-state index in [1.54, 1.807) is 12.0 Å². The third-order valence-electron chi connectivity index (χ3n) is 7.83. The minimum absolute atomic E-state index is 0.125. The minimum atomic E-state index is -0.750. The van der Waals surface area contributed by atoms with Gasteiger partial charge in [0.1, 0.15) is 18.4 Å². The molecule has 0 fully saturated rings. The Balaban J connectivity index is 1.54. The number of nitrogens with zero attached hydrogens (tertiary/aromatic N) is 2. The van der Waals surface area contributed by atoms with Crippen molar-refractivity contribution in [1.29, 1.82) is 0 Å². The van der Waals surface area contributed by atoms with Crippen molar-refractivity contribution in [3.8, 4) is 5.75 Å². The molecule has 0 bridgehead atoms. The number of rotatable bonds is 13. The minimum Gasteiger partial charge on any atom is -0.489 e. The molecular formula is C34H44N4O4. The van der Waals surface area contributed by atoms with Crippen molar-refractivity contribution in [2.24, 2.45) is 5.73 Å². The zero-order valence-electron chi connectivity index (χ0n) is 25.2. The molecule has 0 radical (unpaired) electrons. The monoisotopic (exact) mass is 572 g/mol. The summed E-state index contributed by atoms with van der Waals surface area (Å²) in [6.45, 7) is 8.03. The zero-order chi connectivity index (χ0) is 30.1. The lowest BCUT2D eigenvalue weighted by atomic mass is 9.91. The standard InChI is InChI=1S/C34H44N4O4/c1-24(2)37(25(3)35)20-18-36-34(40)33-30-16-15-29(42-23-26-11-7-5-8-12-26)21-28(30)17-19-38(33)32(39)22-31(41-4)27-13-9-6-10-14-27/h5-16,21,24-25,31,33H,17-20,22-23,35H2,1-4H3,(H,36,40). The molecule has 3 aromatic carbocycles. The second-order valence-electron chi connectivity index (χ2n) is 11.1. The van der Waals surface area contributed by atoms with Crippen LogP contribution in [-0.2, 0) is 27.4 Å². The Morgan fingerprint density at radius 1 is 1.02 bits per heavy atom. The largest absolute Gasteiger partial charge is 0.489 e. The van der Waals surface area contributed by atoms with Gasteiger partial charge in [0.15, 0.2) is 0 Å². The van der Waals surface area contributed by atoms with E-state index >= 15 is 0 Å². The maximum atomic E-state index is 13.8. The van der Waals surface area contributed by atoms with E-state index in [0.29, 0.717) is 32.7 Å². The van der Waals surface area contributed by atoms with Gasteiger partial charge in [0.25, 0.3) is 0 Å². The Kier molecular flexibility index (Phi) is 11.1. The summed E-state index contributed by atoms with van der Waals surface area (Å²) >= 11 is 0. The van der Waals surface area contributed by atoms with E-state index in [4.69, 9.17) is 15.2 Å². The molecule has 1 heterocycles. The molecule has 3 N–H and O–H groups in total. The van der Waals surface area contributed by atoms with Crippen molar-refractivity contribution in [2.75, 3.05) is 26.7 Å². The number of amides is 2. The lowest BCUT2D eigenvalue weighted by Crippen LogP contribution is -2.50. The van der Waals surface area contributed by atoms with Gasteiger partial charge in [-0.25, -0.2) is 0 Å². The molecule has 3 atom stereocenters. The van der Waals surface area contributed by atoms with Gasteiger partial charge in [-0.2, -0.15) is 0 Å². The fourth-order valence-electron chi connectivity index (χ4n) is 5.60. The van der Waals surface area contributed by atoms with Gasteiger partial charge in [0.05, 0.1) is 18.7 Å². The molecule has 4 rings (SSSR count). The van der Waals surface area contributed by atoms with Gasteiger partial charge in [-0.1, -0.05) is 66.7 Å². The number of carbonyl (C=O) groups is 2. The highest BCUT2D eigenvalue weighted by Crippen LogP contribution is 2.34. The van der Waals surface area contributed by atoms with Crippen LogP contribution in [0.2, 0.25) is 0 Å². The van der Waals surface area contributed by atoms with Crippen LogP contribution >= 0.6 is 0 Å². The summed E-state index contributed by atoms with van der Waals surface area (Å²) < 4.78 is 11.8. The van der Waals surface area contributed by atoms with Gasteiger partial charge in [-0.3, -0.25) is 14.5 Å². The summed E-state index contributed by atoms with van der Waals surface area (Å²) in [5.41, 5.74) is 9.98. The Bertz CT molecular complexity index is 1290. The third kappa shape index (κ3) is 7.97. The average Bonchev–Trinajstić information content (AvgIpc) is 3.00. The Morgan fingerprint density at radius 2 is 1.71 bits per heavy atom. The molecule has 0 aliphatic carbocycles. The van der Waals surface area contributed by atoms with E-state index < -0.39 is 12.1 Å². The van der Waals surface area contributed by atoms with Crippen LogP contribution < -0.4 is 15.8 Å². The number of carbonyl (C=O) groups excluding carboxylic acids is 2. The molecule has 0 aromatic heterocycles. The van der Waals surface area contributed by atoms with Crippen molar-refractivity contribution >= 4 is 11.8 Å². The number of methoxy groups -OCH3 is 1. The number of nitrogens with two attached hydrogens (primary N) is 1. The second-order valence-corrected chi connectivity index (χ2v) is 11.1. The van der Waals surface area contributed by atoms with Crippen LogP contribution in [-0.4, -0.2) is 60.6 Å². The van der Waals surface area contributed by atoms with Crippen molar-refractivity contribution in [1.82, 2.24) is 15.1 Å². The molecule has 8 nitrogen and oxygen atoms in total. The average molecular weight is 573 g/mol. The molecule has 224 valence electrons. The molecule has 0 saturated carbocycles. The Labute approximate surface area is 249 Å². The predicted octanol–water partition coefficient (Wildman–Crippen LogP) is 4.60. The number of benzene rings is 3. The quantitative estimate of drug-likeness (QED) is 0.291. The highest BCUT2D eigenvalue weighted by molar-refractivity contribution is 5.90. The SMILES string of the molecule is COC(CC(=O)N1CCc2cc(OCc3ccccc3)ccc2C1C(=O)NCCN(C(C)C)C(C)N)c1ccccc1. The molecule has 3 aromatic rings. The third-order valence-corrected chi connectivity index (χ3v) is 7.83. The molecule has 0 saturated heterocycles. The summed E-state index contributed by atoms with van der Waals surface area (Å²) in [4.78, 5) is 31.4. The first-order valence-corrected chi connectivity index (χ1v) is 14.7. The fraction of sp³-hybridized carbons (Fsp3) is 0.412. The van der Waals surface area contributed by atoms with Crippen LogP contribution in [0.15, 0.2) is 78.9 Å². The first-order valence-electron chi connectivity index (χ1n) is 14.7. The van der Waals surface area contributed by atoms with Crippen molar-refractivity contribution in [3.05, 3.63) is 101 Å². The van der Waals surface area contributed by atoms with Gasteiger partial charge in [0, 0.05) is 32.8 Å².